The molecular weight excluding hydrogens is 212 g/mol. The lowest BCUT2D eigenvalue weighted by Crippen LogP contribution is -2.16. The first-order valence-corrected chi connectivity index (χ1v) is 6.33. The van der Waals surface area contributed by atoms with Gasteiger partial charge < -0.3 is 4.74 Å². The second-order valence-electron chi connectivity index (χ2n) is 4.72. The highest BCUT2D eigenvalue weighted by Gasteiger charge is 2.23. The summed E-state index contributed by atoms with van der Waals surface area (Å²) < 4.78 is 6.01. The van der Waals surface area contributed by atoms with Crippen molar-refractivity contribution in [1.82, 2.24) is 0 Å². The Kier molecular flexibility index (Phi) is 2.71. The van der Waals surface area contributed by atoms with Gasteiger partial charge in [0.25, 0.3) is 0 Å². The van der Waals surface area contributed by atoms with Gasteiger partial charge in [-0.3, -0.25) is 4.79 Å². The van der Waals surface area contributed by atoms with Gasteiger partial charge >= 0.3 is 0 Å². The van der Waals surface area contributed by atoms with E-state index in [4.69, 9.17) is 4.74 Å². The van der Waals surface area contributed by atoms with Crippen LogP contribution < -0.4 is 4.74 Å². The van der Waals surface area contributed by atoms with Crippen LogP contribution in [0.3, 0.4) is 0 Å². The lowest BCUT2D eigenvalue weighted by molar-refractivity contribution is 0.0994. The van der Waals surface area contributed by atoms with Crippen LogP contribution >= 0.6 is 0 Å². The Balaban J connectivity index is 1.86. The highest BCUT2D eigenvalue weighted by Crippen LogP contribution is 2.32. The van der Waals surface area contributed by atoms with E-state index in [1.165, 1.54) is 6.42 Å². The largest absolute Gasteiger partial charge is 0.486 e. The Hall–Kier alpha value is -1.57. The van der Waals surface area contributed by atoms with Gasteiger partial charge in [-0.2, -0.15) is 0 Å². The number of allylic oxidation sites excluding steroid dienone is 1. The van der Waals surface area contributed by atoms with Crippen LogP contribution in [0.1, 0.15) is 41.6 Å². The average Bonchev–Trinajstić information content (AvgIpc) is 2.74. The molecule has 1 unspecified atom stereocenters. The van der Waals surface area contributed by atoms with Crippen molar-refractivity contribution in [3.05, 3.63) is 41.5 Å². The Morgan fingerprint density at radius 3 is 3.00 bits per heavy atom. The highest BCUT2D eigenvalue weighted by molar-refractivity contribution is 6.01. The molecule has 0 amide bonds. The summed E-state index contributed by atoms with van der Waals surface area (Å²) in [5, 5.41) is 0. The summed E-state index contributed by atoms with van der Waals surface area (Å²) in [4.78, 5) is 11.6. The van der Waals surface area contributed by atoms with Crippen molar-refractivity contribution in [2.75, 3.05) is 0 Å². The average molecular weight is 228 g/mol. The van der Waals surface area contributed by atoms with Gasteiger partial charge in [0.2, 0.25) is 0 Å². The van der Waals surface area contributed by atoms with Crippen LogP contribution in [0.25, 0.3) is 0 Å². The summed E-state index contributed by atoms with van der Waals surface area (Å²) in [6.45, 7) is 0. The van der Waals surface area contributed by atoms with E-state index in [0.717, 1.165) is 36.1 Å². The van der Waals surface area contributed by atoms with Crippen molar-refractivity contribution < 1.29 is 9.53 Å². The predicted molar refractivity (Wildman–Crippen MR) is 66.5 cm³/mol. The number of hydrogen-bond acceptors (Lipinski definition) is 2. The molecule has 0 saturated heterocycles. The summed E-state index contributed by atoms with van der Waals surface area (Å²) in [5.74, 6) is 1.16. The molecule has 2 heteroatoms. The summed E-state index contributed by atoms with van der Waals surface area (Å²) in [5.41, 5.74) is 1.97. The van der Waals surface area contributed by atoms with E-state index in [2.05, 4.69) is 12.2 Å². The molecule has 0 N–H and O–H groups in total. The Morgan fingerprint density at radius 2 is 2.18 bits per heavy atom. The maximum absolute atomic E-state index is 11.6. The Labute approximate surface area is 101 Å². The van der Waals surface area contributed by atoms with E-state index in [1.54, 1.807) is 0 Å². The first kappa shape index (κ1) is 10.6. The minimum atomic E-state index is 0.186. The first-order chi connectivity index (χ1) is 8.34. The van der Waals surface area contributed by atoms with Gasteiger partial charge in [0.05, 0.1) is 0 Å². The third-order valence-corrected chi connectivity index (χ3v) is 3.52. The molecule has 0 heterocycles. The fourth-order valence-corrected chi connectivity index (χ4v) is 2.61. The smallest absolute Gasteiger partial charge is 0.163 e. The first-order valence-electron chi connectivity index (χ1n) is 6.33. The van der Waals surface area contributed by atoms with Crippen molar-refractivity contribution in [3.63, 3.8) is 0 Å². The summed E-state index contributed by atoms with van der Waals surface area (Å²) in [6, 6.07) is 5.82. The molecule has 1 atom stereocenters. The summed E-state index contributed by atoms with van der Waals surface area (Å²) in [7, 11) is 0. The molecular formula is C15H16O2. The molecule has 2 nitrogen and oxygen atoms in total. The number of rotatable bonds is 2. The van der Waals surface area contributed by atoms with Crippen molar-refractivity contribution in [1.29, 1.82) is 0 Å². The lowest BCUT2D eigenvalue weighted by atomic mass is 10.0. The number of carbonyl (C=O) groups excluding carboxylic acids is 1. The minimum absolute atomic E-state index is 0.186. The Morgan fingerprint density at radius 1 is 1.24 bits per heavy atom. The number of fused-ring (bicyclic) bond motifs is 1. The quantitative estimate of drug-likeness (QED) is 0.726. The van der Waals surface area contributed by atoms with Crippen LogP contribution in [0.4, 0.5) is 0 Å². The molecule has 17 heavy (non-hydrogen) atoms. The molecule has 2 aliphatic rings. The molecule has 0 bridgehead atoms. The lowest BCUT2D eigenvalue weighted by Gasteiger charge is -2.20. The summed E-state index contributed by atoms with van der Waals surface area (Å²) >= 11 is 0. The van der Waals surface area contributed by atoms with Gasteiger partial charge in [0.1, 0.15) is 11.9 Å². The number of Topliss-reactive ketones (excluding diaryl/α,β-unsaturated/α-hetero) is 1. The summed E-state index contributed by atoms with van der Waals surface area (Å²) in [6.07, 6.45) is 9.40. The molecule has 0 fully saturated rings. The van der Waals surface area contributed by atoms with Gasteiger partial charge in [-0.1, -0.05) is 18.2 Å². The predicted octanol–water partition coefficient (Wildman–Crippen LogP) is 3.30. The van der Waals surface area contributed by atoms with Gasteiger partial charge in [0.15, 0.2) is 5.78 Å². The van der Waals surface area contributed by atoms with Crippen molar-refractivity contribution >= 4 is 5.78 Å². The number of hydrogen-bond donors (Lipinski definition) is 0. The standard InChI is InChI=1S/C15H16O2/c16-14-10-9-13-12(14)7-4-8-15(13)17-11-5-2-1-3-6-11/h2,4-5,7-8,11H,1,3,6,9-10H2. The van der Waals surface area contributed by atoms with Gasteiger partial charge in [0, 0.05) is 17.5 Å². The third kappa shape index (κ3) is 1.99. The van der Waals surface area contributed by atoms with Gasteiger partial charge in [-0.15, -0.1) is 0 Å². The van der Waals surface area contributed by atoms with Crippen LogP contribution in [-0.2, 0) is 6.42 Å². The Bertz CT molecular complexity index is 474. The van der Waals surface area contributed by atoms with Gasteiger partial charge in [-0.05, 0) is 37.8 Å². The number of carbonyl (C=O) groups is 1. The molecule has 0 saturated carbocycles. The fraction of sp³-hybridized carbons (Fsp3) is 0.400. The van der Waals surface area contributed by atoms with Crippen LogP contribution in [0.2, 0.25) is 0 Å². The van der Waals surface area contributed by atoms with E-state index in [9.17, 15) is 4.79 Å². The van der Waals surface area contributed by atoms with Crippen LogP contribution in [0.15, 0.2) is 30.4 Å². The molecule has 1 aromatic carbocycles. The number of benzene rings is 1. The SMILES string of the molecule is O=C1CCc2c(OC3C=CCCC3)cccc21. The van der Waals surface area contributed by atoms with Crippen molar-refractivity contribution in [2.45, 2.75) is 38.2 Å². The zero-order valence-electron chi connectivity index (χ0n) is 9.82. The monoisotopic (exact) mass is 228 g/mol. The topological polar surface area (TPSA) is 26.3 Å². The van der Waals surface area contributed by atoms with E-state index < -0.39 is 0 Å². The molecule has 0 aliphatic heterocycles. The second-order valence-corrected chi connectivity index (χ2v) is 4.72. The molecule has 0 radical (unpaired) electrons. The van der Waals surface area contributed by atoms with Crippen LogP contribution in [0, 0.1) is 0 Å². The maximum Gasteiger partial charge on any atom is 0.163 e. The van der Waals surface area contributed by atoms with E-state index in [1.807, 2.05) is 18.2 Å². The van der Waals surface area contributed by atoms with Crippen molar-refractivity contribution in [2.24, 2.45) is 0 Å². The zero-order chi connectivity index (χ0) is 11.7. The highest BCUT2D eigenvalue weighted by atomic mass is 16.5. The molecule has 0 spiro atoms. The number of ketones is 1. The molecule has 2 aliphatic carbocycles. The molecule has 88 valence electrons. The molecule has 3 rings (SSSR count). The second kappa shape index (κ2) is 4.36. The van der Waals surface area contributed by atoms with Crippen LogP contribution in [0.5, 0.6) is 5.75 Å². The van der Waals surface area contributed by atoms with Gasteiger partial charge in [-0.25, -0.2) is 0 Å². The normalized spacial score (nSPS) is 22.6. The maximum atomic E-state index is 11.6. The van der Waals surface area contributed by atoms with Crippen LogP contribution in [-0.4, -0.2) is 11.9 Å². The van der Waals surface area contributed by atoms with E-state index in [-0.39, 0.29) is 11.9 Å². The zero-order valence-corrected chi connectivity index (χ0v) is 9.82. The fourth-order valence-electron chi connectivity index (χ4n) is 2.61. The van der Waals surface area contributed by atoms with Crippen molar-refractivity contribution in [3.8, 4) is 5.75 Å². The number of ether oxygens (including phenoxy) is 1. The minimum Gasteiger partial charge on any atom is -0.486 e. The third-order valence-electron chi connectivity index (χ3n) is 3.52. The van der Waals surface area contributed by atoms with E-state index in [0.29, 0.717) is 6.42 Å². The molecule has 0 aromatic heterocycles. The van der Waals surface area contributed by atoms with E-state index >= 15 is 0 Å². The molecule has 1 aromatic rings.